The number of aliphatic hydroxyl groups excluding tert-OH is 1. The minimum Gasteiger partial charge on any atom is -0.389 e. The van der Waals surface area contributed by atoms with Crippen molar-refractivity contribution >= 4 is 11.8 Å². The van der Waals surface area contributed by atoms with E-state index in [4.69, 9.17) is 4.74 Å². The number of hydrogen-bond donors (Lipinski definition) is 2. The van der Waals surface area contributed by atoms with Gasteiger partial charge in [0.25, 0.3) is 5.91 Å². The van der Waals surface area contributed by atoms with Crippen molar-refractivity contribution in [3.8, 4) is 0 Å². The highest BCUT2D eigenvalue weighted by Gasteiger charge is 2.38. The predicted octanol–water partition coefficient (Wildman–Crippen LogP) is 0.364. The molecule has 1 aliphatic heterocycles. The summed E-state index contributed by atoms with van der Waals surface area (Å²) in [6.07, 6.45) is 3.11. The van der Waals surface area contributed by atoms with Gasteiger partial charge < -0.3 is 20.1 Å². The van der Waals surface area contributed by atoms with Crippen LogP contribution in [0.4, 0.5) is 0 Å². The van der Waals surface area contributed by atoms with Gasteiger partial charge in [-0.1, -0.05) is 12.8 Å². The normalized spacial score (nSPS) is 29.2. The molecule has 1 saturated carbocycles. The zero-order chi connectivity index (χ0) is 18.6. The van der Waals surface area contributed by atoms with E-state index in [9.17, 15) is 14.7 Å². The van der Waals surface area contributed by atoms with Crippen LogP contribution in [0.5, 0.6) is 0 Å². The Labute approximate surface area is 150 Å². The first-order valence-electron chi connectivity index (χ1n) is 9.30. The van der Waals surface area contributed by atoms with Gasteiger partial charge in [-0.25, -0.2) is 0 Å². The molecule has 2 amide bonds. The molecule has 0 unspecified atom stereocenters. The highest BCUT2D eigenvalue weighted by atomic mass is 16.5. The first-order valence-corrected chi connectivity index (χ1v) is 9.30. The van der Waals surface area contributed by atoms with Crippen molar-refractivity contribution in [2.75, 3.05) is 33.3 Å². The Morgan fingerprint density at radius 3 is 2.28 bits per heavy atom. The number of piperazine rings is 1. The van der Waals surface area contributed by atoms with Crippen LogP contribution in [0.2, 0.25) is 0 Å². The Bertz CT molecular complexity index is 475. The number of nitrogens with zero attached hydrogens (tertiary/aromatic N) is 2. The van der Waals surface area contributed by atoms with Crippen molar-refractivity contribution in [2.45, 2.75) is 70.2 Å². The summed E-state index contributed by atoms with van der Waals surface area (Å²) >= 11 is 0. The van der Waals surface area contributed by atoms with Gasteiger partial charge in [-0.15, -0.1) is 0 Å². The molecule has 2 aliphatic rings. The average molecular weight is 355 g/mol. The largest absolute Gasteiger partial charge is 0.389 e. The van der Waals surface area contributed by atoms with Gasteiger partial charge in [0.15, 0.2) is 0 Å². The lowest BCUT2D eigenvalue weighted by Crippen LogP contribution is -2.59. The molecule has 2 fully saturated rings. The van der Waals surface area contributed by atoms with Crippen molar-refractivity contribution in [3.05, 3.63) is 0 Å². The summed E-state index contributed by atoms with van der Waals surface area (Å²) in [6.45, 7) is 7.99. The van der Waals surface area contributed by atoms with E-state index in [0.717, 1.165) is 38.8 Å². The van der Waals surface area contributed by atoms with Crippen LogP contribution in [0.15, 0.2) is 0 Å². The standard InChI is InChI=1S/C18H33N3O4/c1-13(22)20-9-11-21(12-10-20)15-8-6-5-7-14(16(15)23)19-17(24)18(2,3)25-4/h14-16,23H,5-12H2,1-4H3,(H,19,24)/t14-,15-,16-/m1/s1. The van der Waals surface area contributed by atoms with Crippen LogP contribution in [0.25, 0.3) is 0 Å². The van der Waals surface area contributed by atoms with Crippen LogP contribution < -0.4 is 5.32 Å². The molecule has 7 heteroatoms. The highest BCUT2D eigenvalue weighted by Crippen LogP contribution is 2.25. The third-order valence-electron chi connectivity index (χ3n) is 5.67. The van der Waals surface area contributed by atoms with Crippen molar-refractivity contribution in [3.63, 3.8) is 0 Å². The number of carbonyl (C=O) groups excluding carboxylic acids is 2. The van der Waals surface area contributed by atoms with E-state index in [2.05, 4.69) is 10.2 Å². The number of methoxy groups -OCH3 is 1. The van der Waals surface area contributed by atoms with E-state index in [0.29, 0.717) is 13.1 Å². The lowest BCUT2D eigenvalue weighted by molar-refractivity contribution is -0.142. The Kier molecular flexibility index (Phi) is 6.82. The van der Waals surface area contributed by atoms with Crippen molar-refractivity contribution < 1.29 is 19.4 Å². The van der Waals surface area contributed by atoms with E-state index in [1.807, 2.05) is 4.90 Å². The van der Waals surface area contributed by atoms with Gasteiger partial charge in [0.1, 0.15) is 5.60 Å². The smallest absolute Gasteiger partial charge is 0.251 e. The lowest BCUT2D eigenvalue weighted by Gasteiger charge is -2.42. The molecule has 0 aromatic heterocycles. The zero-order valence-corrected chi connectivity index (χ0v) is 16.0. The Morgan fingerprint density at radius 2 is 1.72 bits per heavy atom. The fourth-order valence-electron chi connectivity index (χ4n) is 3.69. The summed E-state index contributed by atoms with van der Waals surface area (Å²) in [4.78, 5) is 28.0. The van der Waals surface area contributed by atoms with Crippen LogP contribution in [-0.2, 0) is 14.3 Å². The first-order chi connectivity index (χ1) is 11.8. The number of carbonyl (C=O) groups is 2. The number of ether oxygens (including phenoxy) is 1. The number of rotatable bonds is 4. The van der Waals surface area contributed by atoms with Gasteiger partial charge in [-0.05, 0) is 26.7 Å². The van der Waals surface area contributed by atoms with E-state index in [1.54, 1.807) is 20.8 Å². The van der Waals surface area contributed by atoms with Gasteiger partial charge in [0.05, 0.1) is 12.1 Å². The predicted molar refractivity (Wildman–Crippen MR) is 95.1 cm³/mol. The molecule has 1 saturated heterocycles. The third-order valence-corrected chi connectivity index (χ3v) is 5.67. The van der Waals surface area contributed by atoms with Crippen LogP contribution in [-0.4, -0.2) is 83.8 Å². The fraction of sp³-hybridized carbons (Fsp3) is 0.889. The first kappa shape index (κ1) is 20.1. The van der Waals surface area contributed by atoms with Gasteiger partial charge in [-0.2, -0.15) is 0 Å². The van der Waals surface area contributed by atoms with Crippen LogP contribution >= 0.6 is 0 Å². The van der Waals surface area contributed by atoms with Crippen molar-refractivity contribution in [1.29, 1.82) is 0 Å². The maximum Gasteiger partial charge on any atom is 0.251 e. The third kappa shape index (κ3) is 4.92. The number of amides is 2. The molecule has 144 valence electrons. The summed E-state index contributed by atoms with van der Waals surface area (Å²) in [7, 11) is 1.51. The zero-order valence-electron chi connectivity index (χ0n) is 16.0. The number of hydrogen-bond acceptors (Lipinski definition) is 5. The summed E-state index contributed by atoms with van der Waals surface area (Å²) in [5, 5.41) is 13.9. The van der Waals surface area contributed by atoms with Crippen LogP contribution in [0, 0.1) is 0 Å². The lowest BCUT2D eigenvalue weighted by atomic mass is 9.98. The second-order valence-corrected chi connectivity index (χ2v) is 7.68. The number of nitrogens with one attached hydrogen (secondary N) is 1. The molecule has 25 heavy (non-hydrogen) atoms. The number of aliphatic hydroxyl groups is 1. The molecule has 0 aromatic rings. The maximum absolute atomic E-state index is 12.4. The SMILES string of the molecule is COC(C)(C)C(=O)N[C@@H]1CCCC[C@@H](N2CCN(C(C)=O)CC2)[C@@H]1O. The molecule has 1 heterocycles. The quantitative estimate of drug-likeness (QED) is 0.712. The van der Waals surface area contributed by atoms with Crippen molar-refractivity contribution in [2.24, 2.45) is 0 Å². The van der Waals surface area contributed by atoms with E-state index >= 15 is 0 Å². The Morgan fingerprint density at radius 1 is 1.12 bits per heavy atom. The molecule has 0 radical (unpaired) electrons. The summed E-state index contributed by atoms with van der Waals surface area (Å²) < 4.78 is 5.24. The average Bonchev–Trinajstić information content (AvgIpc) is 2.77. The molecule has 0 spiro atoms. The fourth-order valence-corrected chi connectivity index (χ4v) is 3.69. The molecule has 2 rings (SSSR count). The molecule has 2 N–H and O–H groups in total. The minimum absolute atomic E-state index is 0.0209. The molecule has 3 atom stereocenters. The Hall–Kier alpha value is -1.18. The van der Waals surface area contributed by atoms with Gasteiger partial charge in [0.2, 0.25) is 5.91 Å². The topological polar surface area (TPSA) is 82.1 Å². The molecular weight excluding hydrogens is 322 g/mol. The monoisotopic (exact) mass is 355 g/mol. The summed E-state index contributed by atoms with van der Waals surface area (Å²) in [6, 6.07) is -0.243. The second-order valence-electron chi connectivity index (χ2n) is 7.68. The summed E-state index contributed by atoms with van der Waals surface area (Å²) in [5.41, 5.74) is -0.908. The van der Waals surface area contributed by atoms with Crippen LogP contribution in [0.1, 0.15) is 46.5 Å². The van der Waals surface area contributed by atoms with E-state index < -0.39 is 11.7 Å². The minimum atomic E-state index is -0.908. The summed E-state index contributed by atoms with van der Waals surface area (Å²) in [5.74, 6) is -0.0888. The molecule has 7 nitrogen and oxygen atoms in total. The second kappa shape index (κ2) is 8.47. The highest BCUT2D eigenvalue weighted by molar-refractivity contribution is 5.84. The molecule has 0 bridgehead atoms. The van der Waals surface area contributed by atoms with Gasteiger partial charge in [0, 0.05) is 46.3 Å². The Balaban J connectivity index is 2.00. The van der Waals surface area contributed by atoms with Gasteiger partial charge in [-0.3, -0.25) is 14.5 Å². The van der Waals surface area contributed by atoms with E-state index in [-0.39, 0.29) is 23.9 Å². The van der Waals surface area contributed by atoms with Gasteiger partial charge >= 0.3 is 0 Å². The van der Waals surface area contributed by atoms with Crippen molar-refractivity contribution in [1.82, 2.24) is 15.1 Å². The maximum atomic E-state index is 12.4. The molecular formula is C18H33N3O4. The van der Waals surface area contributed by atoms with E-state index in [1.165, 1.54) is 7.11 Å². The molecule has 0 aromatic carbocycles. The van der Waals surface area contributed by atoms with Crippen LogP contribution in [0.3, 0.4) is 0 Å². The molecule has 1 aliphatic carbocycles.